The van der Waals surface area contributed by atoms with Crippen molar-refractivity contribution in [3.8, 4) is 5.82 Å². The van der Waals surface area contributed by atoms with Crippen molar-refractivity contribution < 1.29 is 9.60 Å². The van der Waals surface area contributed by atoms with Gasteiger partial charge in [-0.15, -0.1) is 0 Å². The molecule has 66 valence electrons. The summed E-state index contributed by atoms with van der Waals surface area (Å²) in [6, 6.07) is -0.415. The van der Waals surface area contributed by atoms with Gasteiger partial charge in [0.25, 0.3) is 0 Å². The fourth-order valence-electron chi connectivity index (χ4n) is 0.721. The molecule has 0 aliphatic heterocycles. The average molecular weight is 246 g/mol. The molecule has 5 heteroatoms. The van der Waals surface area contributed by atoms with Gasteiger partial charge in [0.15, 0.2) is 10.6 Å². The third-order valence-electron chi connectivity index (χ3n) is 1.19. The summed E-state index contributed by atoms with van der Waals surface area (Å²) < 4.78 is 53.1. The summed E-state index contributed by atoms with van der Waals surface area (Å²) in [5.74, 6) is -0.231. The van der Waals surface area contributed by atoms with E-state index in [1.165, 1.54) is 0 Å². The molecule has 2 aromatic heterocycles. The van der Waals surface area contributed by atoms with Gasteiger partial charge < -0.3 is 0 Å². The molecule has 0 amide bonds. The minimum atomic E-state index is -2.66. The van der Waals surface area contributed by atoms with E-state index in [1.54, 1.807) is 0 Å². The maximum absolute atomic E-state index is 7.80. The molecular formula is C8H7BrN4. The van der Waals surface area contributed by atoms with Crippen molar-refractivity contribution in [2.24, 2.45) is 0 Å². The highest BCUT2D eigenvalue weighted by Gasteiger charge is 1.99. The second-order valence-corrected chi connectivity index (χ2v) is 2.77. The number of halogens is 1. The summed E-state index contributed by atoms with van der Waals surface area (Å²) in [7, 11) is 0. The van der Waals surface area contributed by atoms with E-state index in [0.717, 1.165) is 4.68 Å². The van der Waals surface area contributed by atoms with Gasteiger partial charge in [-0.25, -0.2) is 14.6 Å². The topological polar surface area (TPSA) is 43.6 Å². The zero-order chi connectivity index (χ0) is 15.2. The number of rotatable bonds is 1. The van der Waals surface area contributed by atoms with Gasteiger partial charge in [0.2, 0.25) is 0 Å². The molecule has 0 aliphatic carbocycles. The third kappa shape index (κ3) is 1.75. The predicted octanol–water partition coefficient (Wildman–Crippen LogP) is 1.73. The predicted molar refractivity (Wildman–Crippen MR) is 51.6 cm³/mol. The van der Waals surface area contributed by atoms with Gasteiger partial charge in [-0.3, -0.25) is 0 Å². The lowest BCUT2D eigenvalue weighted by atomic mass is 10.4. The van der Waals surface area contributed by atoms with E-state index in [0.29, 0.717) is 0 Å². The molecule has 0 atom stereocenters. The lowest BCUT2D eigenvalue weighted by Gasteiger charge is -1.98. The Balaban J connectivity index is 2.73. The monoisotopic (exact) mass is 245 g/mol. The van der Waals surface area contributed by atoms with Crippen LogP contribution in [0, 0.1) is 6.85 Å². The fraction of sp³-hybridized carbons (Fsp3) is 0.125. The molecule has 2 aromatic rings. The maximum Gasteiger partial charge on any atom is 0.198 e. The van der Waals surface area contributed by atoms with Crippen LogP contribution in [-0.4, -0.2) is 19.7 Å². The molecule has 0 saturated heterocycles. The molecule has 0 aliphatic rings. The van der Waals surface area contributed by atoms with E-state index in [1.807, 2.05) is 0 Å². The van der Waals surface area contributed by atoms with Gasteiger partial charge >= 0.3 is 0 Å². The quantitative estimate of drug-likeness (QED) is 0.720. The lowest BCUT2D eigenvalue weighted by Crippen LogP contribution is -1.98. The number of nitrogens with zero attached hydrogens (tertiary/aromatic N) is 4. The van der Waals surface area contributed by atoms with Crippen molar-refractivity contribution in [1.82, 2.24) is 19.7 Å². The van der Waals surface area contributed by atoms with Crippen LogP contribution in [0.25, 0.3) is 5.82 Å². The molecule has 4 nitrogen and oxygen atoms in total. The first-order chi connectivity index (χ1) is 9.12. The number of hydrogen-bond acceptors (Lipinski definition) is 3. The second kappa shape index (κ2) is 3.26. The minimum Gasteiger partial charge on any atom is -0.231 e. The van der Waals surface area contributed by atoms with E-state index in [2.05, 4.69) is 31.0 Å². The summed E-state index contributed by atoms with van der Waals surface area (Å²) in [6.45, 7) is -2.66. The average Bonchev–Trinajstić information content (AvgIpc) is 2.58. The largest absolute Gasteiger partial charge is 0.231 e. The summed E-state index contributed by atoms with van der Waals surface area (Å²) in [5, 5.41) is 3.61. The number of aromatic nitrogens is 4. The van der Waals surface area contributed by atoms with Gasteiger partial charge in [0.1, 0.15) is 0 Å². The van der Waals surface area contributed by atoms with Gasteiger partial charge in [-0.1, -0.05) is 0 Å². The second-order valence-electron chi connectivity index (χ2n) is 2.06. The summed E-state index contributed by atoms with van der Waals surface area (Å²) in [5.41, 5.74) is -0.529. The molecule has 0 bridgehead atoms. The first-order valence-electron chi connectivity index (χ1n) is 6.70. The smallest absolute Gasteiger partial charge is 0.198 e. The highest BCUT2D eigenvalue weighted by atomic mass is 79.9. The third-order valence-corrected chi connectivity index (χ3v) is 1.55. The van der Waals surface area contributed by atoms with Crippen LogP contribution in [0.4, 0.5) is 0 Å². The first kappa shape index (κ1) is 3.49. The van der Waals surface area contributed by atoms with Crippen molar-refractivity contribution in [3.63, 3.8) is 0 Å². The van der Waals surface area contributed by atoms with Crippen molar-refractivity contribution in [3.05, 3.63) is 34.9 Å². The van der Waals surface area contributed by atoms with Crippen LogP contribution in [-0.2, 0) is 0 Å². The molecule has 13 heavy (non-hydrogen) atoms. The Morgan fingerprint density at radius 1 is 1.69 bits per heavy atom. The maximum atomic E-state index is 7.80. The van der Waals surface area contributed by atoms with Crippen molar-refractivity contribution >= 4 is 15.9 Å². The van der Waals surface area contributed by atoms with E-state index < -0.39 is 37.0 Å². The Morgan fingerprint density at radius 2 is 2.62 bits per heavy atom. The molecular weight excluding hydrogens is 232 g/mol. The Morgan fingerprint density at radius 3 is 3.38 bits per heavy atom. The molecule has 0 spiro atoms. The van der Waals surface area contributed by atoms with E-state index in [4.69, 9.17) is 9.60 Å². The zero-order valence-electron chi connectivity index (χ0n) is 13.2. The van der Waals surface area contributed by atoms with Crippen LogP contribution in [0.15, 0.2) is 29.3 Å². The molecule has 0 N–H and O–H groups in total. The summed E-state index contributed by atoms with van der Waals surface area (Å²) in [4.78, 5) is 7.40. The van der Waals surface area contributed by atoms with E-state index >= 15 is 0 Å². The standard InChI is InChI=1S/C8H7BrN4/c1-6-4-11-13(5-6)7-2-3-10-8(9)12-7/h2-5H,1H3/i1D3,2D,3D,4D,5D. The SMILES string of the molecule is [2H]c1nc(Br)nc(-n2nc([2H])c(C([2H])([2H])[2H])c2[2H])c1[2H]. The Hall–Kier alpha value is -1.23. The van der Waals surface area contributed by atoms with E-state index in [9.17, 15) is 0 Å². The van der Waals surface area contributed by atoms with Crippen LogP contribution in [0.1, 0.15) is 15.2 Å². The summed E-state index contributed by atoms with van der Waals surface area (Å²) >= 11 is 2.95. The van der Waals surface area contributed by atoms with Gasteiger partial charge in [-0.2, -0.15) is 5.10 Å². The van der Waals surface area contributed by atoms with E-state index in [-0.39, 0.29) is 10.6 Å². The van der Waals surface area contributed by atoms with Crippen LogP contribution in [0.3, 0.4) is 0 Å². The van der Waals surface area contributed by atoms with Crippen molar-refractivity contribution in [1.29, 1.82) is 0 Å². The molecule has 0 radical (unpaired) electrons. The Kier molecular flexibility index (Phi) is 0.875. The molecule has 0 aromatic carbocycles. The highest BCUT2D eigenvalue weighted by Crippen LogP contribution is 2.07. The number of hydrogen-bond donors (Lipinski definition) is 0. The highest BCUT2D eigenvalue weighted by molar-refractivity contribution is 9.10. The molecule has 2 heterocycles. The zero-order valence-corrected chi connectivity index (χ0v) is 7.75. The van der Waals surface area contributed by atoms with Crippen molar-refractivity contribution in [2.45, 2.75) is 6.85 Å². The fourth-order valence-corrected chi connectivity index (χ4v) is 0.978. The van der Waals surface area contributed by atoms with Gasteiger partial charge in [0, 0.05) is 22.5 Å². The molecule has 0 fully saturated rings. The van der Waals surface area contributed by atoms with Gasteiger partial charge in [0.05, 0.1) is 11.7 Å². The minimum absolute atomic E-state index is 0.00497. The van der Waals surface area contributed by atoms with Crippen molar-refractivity contribution in [2.75, 3.05) is 0 Å². The van der Waals surface area contributed by atoms with Crippen LogP contribution >= 0.6 is 15.9 Å². The van der Waals surface area contributed by atoms with Crippen LogP contribution in [0.2, 0.25) is 0 Å². The van der Waals surface area contributed by atoms with Crippen LogP contribution < -0.4 is 0 Å². The molecule has 0 saturated carbocycles. The Labute approximate surface area is 93.6 Å². The van der Waals surface area contributed by atoms with Crippen LogP contribution in [0.5, 0.6) is 0 Å². The molecule has 2 rings (SSSR count). The lowest BCUT2D eigenvalue weighted by molar-refractivity contribution is 0.833. The Bertz CT molecular complexity index is 680. The van der Waals surface area contributed by atoms with Gasteiger partial charge in [-0.05, 0) is 28.3 Å². The normalized spacial score (nSPS) is 19.0. The first-order valence-corrected chi connectivity index (χ1v) is 4.00. The summed E-state index contributed by atoms with van der Waals surface area (Å²) in [6.07, 6.45) is -1.55. The molecule has 0 unspecified atom stereocenters.